The standard InChI is InChI=1S/C18H19NO5/c1-3-23-18(21)13-7-6-8-14(11-13)24-12-17(20)19-15-9-4-5-10-16(15)22-2/h4-11H,3,12H2,1-2H3,(H,19,20). The lowest BCUT2D eigenvalue weighted by molar-refractivity contribution is -0.118. The van der Waals surface area contributed by atoms with Crippen LogP contribution in [0.1, 0.15) is 17.3 Å². The molecule has 126 valence electrons. The number of hydrogen-bond donors (Lipinski definition) is 1. The highest BCUT2D eigenvalue weighted by Gasteiger charge is 2.10. The van der Waals surface area contributed by atoms with Crippen molar-refractivity contribution in [3.63, 3.8) is 0 Å². The Morgan fingerprint density at radius 2 is 1.88 bits per heavy atom. The lowest BCUT2D eigenvalue weighted by Crippen LogP contribution is -2.20. The molecule has 0 saturated carbocycles. The molecule has 0 aliphatic carbocycles. The second-order valence-electron chi connectivity index (χ2n) is 4.79. The van der Waals surface area contributed by atoms with Crippen LogP contribution < -0.4 is 14.8 Å². The van der Waals surface area contributed by atoms with E-state index in [-0.39, 0.29) is 12.5 Å². The summed E-state index contributed by atoms with van der Waals surface area (Å²) in [6.45, 7) is 1.84. The molecule has 2 aromatic carbocycles. The van der Waals surface area contributed by atoms with E-state index in [4.69, 9.17) is 14.2 Å². The quantitative estimate of drug-likeness (QED) is 0.791. The van der Waals surface area contributed by atoms with Gasteiger partial charge in [0, 0.05) is 0 Å². The van der Waals surface area contributed by atoms with Gasteiger partial charge in [-0.2, -0.15) is 0 Å². The van der Waals surface area contributed by atoms with Crippen molar-refractivity contribution in [2.75, 3.05) is 25.6 Å². The number of carbonyl (C=O) groups excluding carboxylic acids is 2. The molecule has 1 amide bonds. The minimum Gasteiger partial charge on any atom is -0.495 e. The van der Waals surface area contributed by atoms with E-state index in [1.54, 1.807) is 43.3 Å². The summed E-state index contributed by atoms with van der Waals surface area (Å²) in [5.41, 5.74) is 0.938. The number of carbonyl (C=O) groups is 2. The molecule has 6 heteroatoms. The van der Waals surface area contributed by atoms with Crippen LogP contribution in [0.25, 0.3) is 0 Å². The number of rotatable bonds is 7. The molecular weight excluding hydrogens is 310 g/mol. The van der Waals surface area contributed by atoms with Crippen molar-refractivity contribution >= 4 is 17.6 Å². The Morgan fingerprint density at radius 3 is 2.62 bits per heavy atom. The van der Waals surface area contributed by atoms with Gasteiger partial charge in [0.05, 0.1) is 25.0 Å². The van der Waals surface area contributed by atoms with Crippen LogP contribution >= 0.6 is 0 Å². The van der Waals surface area contributed by atoms with Gasteiger partial charge in [-0.15, -0.1) is 0 Å². The van der Waals surface area contributed by atoms with Gasteiger partial charge in [-0.1, -0.05) is 18.2 Å². The molecule has 0 heterocycles. The number of hydrogen-bond acceptors (Lipinski definition) is 5. The molecule has 0 aromatic heterocycles. The maximum absolute atomic E-state index is 12.0. The summed E-state index contributed by atoms with van der Waals surface area (Å²) >= 11 is 0. The highest BCUT2D eigenvalue weighted by atomic mass is 16.5. The highest BCUT2D eigenvalue weighted by molar-refractivity contribution is 5.93. The molecular formula is C18H19NO5. The SMILES string of the molecule is CCOC(=O)c1cccc(OCC(=O)Nc2ccccc2OC)c1. The third-order valence-electron chi connectivity index (χ3n) is 3.10. The Labute approximate surface area is 140 Å². The number of benzene rings is 2. The molecule has 2 aromatic rings. The van der Waals surface area contributed by atoms with Crippen LogP contribution in [0.5, 0.6) is 11.5 Å². The smallest absolute Gasteiger partial charge is 0.338 e. The van der Waals surface area contributed by atoms with Crippen LogP contribution in [0.2, 0.25) is 0 Å². The second-order valence-corrected chi connectivity index (χ2v) is 4.79. The number of methoxy groups -OCH3 is 1. The van der Waals surface area contributed by atoms with Crippen molar-refractivity contribution in [1.82, 2.24) is 0 Å². The maximum Gasteiger partial charge on any atom is 0.338 e. The van der Waals surface area contributed by atoms with Crippen LogP contribution in [0.15, 0.2) is 48.5 Å². The first-order chi connectivity index (χ1) is 11.6. The molecule has 6 nitrogen and oxygen atoms in total. The van der Waals surface area contributed by atoms with Crippen molar-refractivity contribution in [1.29, 1.82) is 0 Å². The zero-order valence-corrected chi connectivity index (χ0v) is 13.6. The third kappa shape index (κ3) is 4.74. The van der Waals surface area contributed by atoms with Gasteiger partial charge in [0.25, 0.3) is 5.91 Å². The van der Waals surface area contributed by atoms with Crippen LogP contribution in [0.3, 0.4) is 0 Å². The number of nitrogens with one attached hydrogen (secondary N) is 1. The molecule has 1 N–H and O–H groups in total. The van der Waals surface area contributed by atoms with E-state index in [1.807, 2.05) is 6.07 Å². The lowest BCUT2D eigenvalue weighted by atomic mass is 10.2. The molecule has 0 saturated heterocycles. The van der Waals surface area contributed by atoms with Crippen molar-refractivity contribution in [2.45, 2.75) is 6.92 Å². The molecule has 0 fully saturated rings. The minimum absolute atomic E-state index is 0.190. The van der Waals surface area contributed by atoms with Crippen LogP contribution in [-0.4, -0.2) is 32.2 Å². The Morgan fingerprint density at radius 1 is 1.08 bits per heavy atom. The van der Waals surface area contributed by atoms with Crippen LogP contribution in [-0.2, 0) is 9.53 Å². The van der Waals surface area contributed by atoms with Crippen molar-refractivity contribution < 1.29 is 23.8 Å². The van der Waals surface area contributed by atoms with Crippen LogP contribution in [0, 0.1) is 0 Å². The average molecular weight is 329 g/mol. The number of anilines is 1. The molecule has 0 aliphatic heterocycles. The van der Waals surface area contributed by atoms with E-state index >= 15 is 0 Å². The fourth-order valence-electron chi connectivity index (χ4n) is 2.01. The topological polar surface area (TPSA) is 73.9 Å². The summed E-state index contributed by atoms with van der Waals surface area (Å²) in [4.78, 5) is 23.7. The Bertz CT molecular complexity index is 714. The predicted octanol–water partition coefficient (Wildman–Crippen LogP) is 2.89. The third-order valence-corrected chi connectivity index (χ3v) is 3.10. The first-order valence-corrected chi connectivity index (χ1v) is 7.47. The van der Waals surface area contributed by atoms with Gasteiger partial charge in [0.1, 0.15) is 11.5 Å². The lowest BCUT2D eigenvalue weighted by Gasteiger charge is -2.11. The van der Waals surface area contributed by atoms with E-state index < -0.39 is 5.97 Å². The summed E-state index contributed by atoms with van der Waals surface area (Å²) in [5.74, 6) is 0.216. The highest BCUT2D eigenvalue weighted by Crippen LogP contribution is 2.23. The van der Waals surface area contributed by atoms with E-state index in [0.717, 1.165) is 0 Å². The molecule has 0 bridgehead atoms. The fraction of sp³-hybridized carbons (Fsp3) is 0.222. The summed E-state index contributed by atoms with van der Waals surface area (Å²) in [6.07, 6.45) is 0. The first-order valence-electron chi connectivity index (χ1n) is 7.47. The monoisotopic (exact) mass is 329 g/mol. The van der Waals surface area contributed by atoms with Crippen molar-refractivity contribution in [2.24, 2.45) is 0 Å². The number of para-hydroxylation sites is 2. The van der Waals surface area contributed by atoms with Gasteiger partial charge in [0.15, 0.2) is 6.61 Å². The van der Waals surface area contributed by atoms with Crippen LogP contribution in [0.4, 0.5) is 5.69 Å². The largest absolute Gasteiger partial charge is 0.495 e. The Kier molecular flexibility index (Phi) is 6.19. The predicted molar refractivity (Wildman–Crippen MR) is 89.5 cm³/mol. The maximum atomic E-state index is 12.0. The van der Waals surface area contributed by atoms with Crippen molar-refractivity contribution in [3.8, 4) is 11.5 Å². The molecule has 0 atom stereocenters. The Hall–Kier alpha value is -3.02. The number of amides is 1. The fourth-order valence-corrected chi connectivity index (χ4v) is 2.01. The normalized spacial score (nSPS) is 9.92. The minimum atomic E-state index is -0.429. The Balaban J connectivity index is 1.94. The second kappa shape index (κ2) is 8.57. The molecule has 2 rings (SSSR count). The molecule has 0 aliphatic rings. The number of esters is 1. The van der Waals surface area contributed by atoms with E-state index in [1.165, 1.54) is 13.2 Å². The zero-order valence-electron chi connectivity index (χ0n) is 13.6. The summed E-state index contributed by atoms with van der Waals surface area (Å²) in [7, 11) is 1.53. The van der Waals surface area contributed by atoms with E-state index in [2.05, 4.69) is 5.32 Å². The number of ether oxygens (including phenoxy) is 3. The summed E-state index contributed by atoms with van der Waals surface area (Å²) < 4.78 is 15.5. The molecule has 24 heavy (non-hydrogen) atoms. The van der Waals surface area contributed by atoms with Gasteiger partial charge >= 0.3 is 5.97 Å². The molecule has 0 spiro atoms. The molecule has 0 radical (unpaired) electrons. The van der Waals surface area contributed by atoms with Gasteiger partial charge in [-0.05, 0) is 37.3 Å². The zero-order chi connectivity index (χ0) is 17.4. The van der Waals surface area contributed by atoms with Gasteiger partial charge in [0.2, 0.25) is 0 Å². The van der Waals surface area contributed by atoms with E-state index in [0.29, 0.717) is 29.4 Å². The van der Waals surface area contributed by atoms with Gasteiger partial charge < -0.3 is 19.5 Å². The van der Waals surface area contributed by atoms with Gasteiger partial charge in [-0.3, -0.25) is 4.79 Å². The van der Waals surface area contributed by atoms with Gasteiger partial charge in [-0.25, -0.2) is 4.79 Å². The van der Waals surface area contributed by atoms with E-state index in [9.17, 15) is 9.59 Å². The first kappa shape index (κ1) is 17.3. The summed E-state index contributed by atoms with van der Waals surface area (Å²) in [5, 5.41) is 2.71. The summed E-state index contributed by atoms with van der Waals surface area (Å²) in [6, 6.07) is 13.6. The average Bonchev–Trinajstić information content (AvgIpc) is 2.61. The van der Waals surface area contributed by atoms with Crippen molar-refractivity contribution in [3.05, 3.63) is 54.1 Å². The molecule has 0 unspecified atom stereocenters.